The highest BCUT2D eigenvalue weighted by Gasteiger charge is 2.16. The molecule has 0 fully saturated rings. The van der Waals surface area contributed by atoms with E-state index in [1.165, 1.54) is 0 Å². The molecule has 0 bridgehead atoms. The van der Waals surface area contributed by atoms with Gasteiger partial charge in [0.25, 0.3) is 0 Å². The molecule has 0 radical (unpaired) electrons. The summed E-state index contributed by atoms with van der Waals surface area (Å²) in [6.07, 6.45) is -0.627. The molecule has 0 amide bonds. The average Bonchev–Trinajstić information content (AvgIpc) is 3.12. The van der Waals surface area contributed by atoms with Crippen molar-refractivity contribution in [3.8, 4) is 0 Å². The van der Waals surface area contributed by atoms with Crippen LogP contribution in [0.2, 0.25) is 0 Å². The smallest absolute Gasteiger partial charge is 0.138 e. The van der Waals surface area contributed by atoms with Crippen LogP contribution in [-0.4, -0.2) is 26.8 Å². The Hall–Kier alpha value is -1.76. The Morgan fingerprint density at radius 1 is 1.27 bits per heavy atom. The number of aliphatic hydroxyl groups excluding tert-OH is 1. The molecule has 0 spiro atoms. The Morgan fingerprint density at radius 3 is 2.77 bits per heavy atom. The molecule has 2 aromatic heterocycles. The molecule has 5 nitrogen and oxygen atoms in total. The van der Waals surface area contributed by atoms with Crippen LogP contribution in [0, 0.1) is 0 Å². The second-order valence-corrected chi connectivity index (χ2v) is 6.17. The Labute approximate surface area is 133 Å². The SMILES string of the molecule is CO[C@H](C)c1nc(Cn2c([C@H](C)O)nc3ccccc32)cs1. The third kappa shape index (κ3) is 2.77. The van der Waals surface area contributed by atoms with Gasteiger partial charge < -0.3 is 14.4 Å². The normalized spacial score (nSPS) is 14.4. The summed E-state index contributed by atoms with van der Waals surface area (Å²) in [5.74, 6) is 0.663. The molecule has 2 atom stereocenters. The number of benzene rings is 1. The molecular weight excluding hydrogens is 298 g/mol. The van der Waals surface area contributed by atoms with Crippen LogP contribution in [0.5, 0.6) is 0 Å². The predicted octanol–water partition coefficient (Wildman–Crippen LogP) is 3.30. The van der Waals surface area contributed by atoms with Crippen LogP contribution in [-0.2, 0) is 11.3 Å². The number of thiazole rings is 1. The summed E-state index contributed by atoms with van der Waals surface area (Å²) in [4.78, 5) is 9.16. The van der Waals surface area contributed by atoms with Crippen molar-refractivity contribution in [3.05, 3.63) is 46.2 Å². The van der Waals surface area contributed by atoms with Gasteiger partial charge >= 0.3 is 0 Å². The molecular formula is C16H19N3O2S. The van der Waals surface area contributed by atoms with Crippen molar-refractivity contribution in [2.24, 2.45) is 0 Å². The zero-order valence-corrected chi connectivity index (χ0v) is 13.7. The van der Waals surface area contributed by atoms with Crippen LogP contribution in [0.15, 0.2) is 29.6 Å². The molecule has 1 N–H and O–H groups in total. The van der Waals surface area contributed by atoms with Crippen molar-refractivity contribution >= 4 is 22.4 Å². The van der Waals surface area contributed by atoms with Crippen molar-refractivity contribution in [2.75, 3.05) is 7.11 Å². The number of hydrogen-bond donors (Lipinski definition) is 1. The number of hydrogen-bond acceptors (Lipinski definition) is 5. The molecule has 0 saturated carbocycles. The molecule has 0 aliphatic rings. The average molecular weight is 317 g/mol. The number of aromatic nitrogens is 3. The van der Waals surface area contributed by atoms with Crippen LogP contribution in [0.4, 0.5) is 0 Å². The van der Waals surface area contributed by atoms with E-state index in [1.54, 1.807) is 25.4 Å². The molecule has 0 aliphatic carbocycles. The number of para-hydroxylation sites is 2. The van der Waals surface area contributed by atoms with Gasteiger partial charge in [-0.1, -0.05) is 12.1 Å². The first kappa shape index (κ1) is 15.1. The van der Waals surface area contributed by atoms with Gasteiger partial charge in [0.2, 0.25) is 0 Å². The molecule has 22 heavy (non-hydrogen) atoms. The van der Waals surface area contributed by atoms with Crippen LogP contribution in [0.25, 0.3) is 11.0 Å². The van der Waals surface area contributed by atoms with Crippen molar-refractivity contribution in [3.63, 3.8) is 0 Å². The Balaban J connectivity index is 1.99. The molecule has 116 valence electrons. The van der Waals surface area contributed by atoms with Crippen molar-refractivity contribution < 1.29 is 9.84 Å². The van der Waals surface area contributed by atoms with Crippen LogP contribution in [0.3, 0.4) is 0 Å². The number of methoxy groups -OCH3 is 1. The molecule has 2 heterocycles. The summed E-state index contributed by atoms with van der Waals surface area (Å²) in [6, 6.07) is 7.90. The fourth-order valence-electron chi connectivity index (χ4n) is 2.42. The van der Waals surface area contributed by atoms with E-state index in [0.717, 1.165) is 21.7 Å². The van der Waals surface area contributed by atoms with Gasteiger partial charge in [-0.15, -0.1) is 11.3 Å². The van der Waals surface area contributed by atoms with E-state index in [-0.39, 0.29) is 6.10 Å². The number of imidazole rings is 1. The number of ether oxygens (including phenoxy) is 1. The summed E-state index contributed by atoms with van der Waals surface area (Å²) in [6.45, 7) is 4.31. The lowest BCUT2D eigenvalue weighted by Gasteiger charge is -2.09. The van der Waals surface area contributed by atoms with E-state index >= 15 is 0 Å². The van der Waals surface area contributed by atoms with Crippen LogP contribution < -0.4 is 0 Å². The van der Waals surface area contributed by atoms with Gasteiger partial charge in [0.15, 0.2) is 0 Å². The first-order valence-corrected chi connectivity index (χ1v) is 8.08. The summed E-state index contributed by atoms with van der Waals surface area (Å²) < 4.78 is 7.33. The van der Waals surface area contributed by atoms with E-state index in [9.17, 15) is 5.11 Å². The van der Waals surface area contributed by atoms with Gasteiger partial charge in [-0.2, -0.15) is 0 Å². The number of nitrogens with zero attached hydrogens (tertiary/aromatic N) is 3. The first-order valence-electron chi connectivity index (χ1n) is 7.20. The van der Waals surface area contributed by atoms with E-state index in [4.69, 9.17) is 4.74 Å². The molecule has 0 unspecified atom stereocenters. The van der Waals surface area contributed by atoms with E-state index in [2.05, 4.69) is 9.97 Å². The van der Waals surface area contributed by atoms with Crippen LogP contribution in [0.1, 0.15) is 42.6 Å². The lowest BCUT2D eigenvalue weighted by atomic mass is 10.3. The molecule has 0 aliphatic heterocycles. The first-order chi connectivity index (χ1) is 10.6. The van der Waals surface area contributed by atoms with Gasteiger partial charge in [-0.25, -0.2) is 9.97 Å². The van der Waals surface area contributed by atoms with Crippen molar-refractivity contribution in [1.82, 2.24) is 14.5 Å². The third-order valence-electron chi connectivity index (χ3n) is 3.65. The van der Waals surface area contributed by atoms with Crippen molar-refractivity contribution in [2.45, 2.75) is 32.6 Å². The molecule has 3 aromatic rings. The van der Waals surface area contributed by atoms with E-state index in [0.29, 0.717) is 12.4 Å². The number of aliphatic hydroxyl groups is 1. The molecule has 6 heteroatoms. The van der Waals surface area contributed by atoms with Crippen molar-refractivity contribution in [1.29, 1.82) is 0 Å². The minimum atomic E-state index is -0.622. The topological polar surface area (TPSA) is 60.2 Å². The summed E-state index contributed by atoms with van der Waals surface area (Å²) >= 11 is 1.59. The van der Waals surface area contributed by atoms with Gasteiger partial charge in [0.05, 0.1) is 23.3 Å². The summed E-state index contributed by atoms with van der Waals surface area (Å²) in [5, 5.41) is 13.0. The van der Waals surface area contributed by atoms with E-state index < -0.39 is 6.10 Å². The van der Waals surface area contributed by atoms with Gasteiger partial charge in [0.1, 0.15) is 23.0 Å². The highest BCUT2D eigenvalue weighted by Crippen LogP contribution is 2.24. The van der Waals surface area contributed by atoms with Gasteiger partial charge in [-0.3, -0.25) is 0 Å². The highest BCUT2D eigenvalue weighted by molar-refractivity contribution is 7.09. The maximum atomic E-state index is 9.99. The lowest BCUT2D eigenvalue weighted by molar-refractivity contribution is 0.119. The predicted molar refractivity (Wildman–Crippen MR) is 87.0 cm³/mol. The fourth-order valence-corrected chi connectivity index (χ4v) is 3.27. The number of fused-ring (bicyclic) bond motifs is 1. The zero-order valence-electron chi connectivity index (χ0n) is 12.9. The quantitative estimate of drug-likeness (QED) is 0.784. The molecule has 0 saturated heterocycles. The maximum absolute atomic E-state index is 9.99. The lowest BCUT2D eigenvalue weighted by Crippen LogP contribution is -2.08. The Kier molecular flexibility index (Phi) is 4.24. The minimum absolute atomic E-state index is 0.00508. The summed E-state index contributed by atoms with van der Waals surface area (Å²) in [7, 11) is 1.68. The molecule has 3 rings (SSSR count). The second-order valence-electron chi connectivity index (χ2n) is 5.28. The summed E-state index contributed by atoms with van der Waals surface area (Å²) in [5.41, 5.74) is 2.85. The monoisotopic (exact) mass is 317 g/mol. The molecule has 1 aromatic carbocycles. The second kappa shape index (κ2) is 6.16. The standard InChI is InChI=1S/C16H19N3O2S/c1-10(20)15-18-13-6-4-5-7-14(13)19(15)8-12-9-22-16(17-12)11(2)21-3/h4-7,9-11,20H,8H2,1-3H3/t10-,11+/m0/s1. The Bertz CT molecular complexity index is 779. The largest absolute Gasteiger partial charge is 0.385 e. The Morgan fingerprint density at radius 2 is 2.05 bits per heavy atom. The minimum Gasteiger partial charge on any atom is -0.385 e. The van der Waals surface area contributed by atoms with Crippen LogP contribution >= 0.6 is 11.3 Å². The fraction of sp³-hybridized carbons (Fsp3) is 0.375. The number of rotatable bonds is 5. The highest BCUT2D eigenvalue weighted by atomic mass is 32.1. The van der Waals surface area contributed by atoms with E-state index in [1.807, 2.05) is 41.1 Å². The maximum Gasteiger partial charge on any atom is 0.138 e. The van der Waals surface area contributed by atoms with Gasteiger partial charge in [0, 0.05) is 12.5 Å². The zero-order chi connectivity index (χ0) is 15.7. The third-order valence-corrected chi connectivity index (χ3v) is 4.70. The van der Waals surface area contributed by atoms with Gasteiger partial charge in [-0.05, 0) is 26.0 Å².